The van der Waals surface area contributed by atoms with E-state index in [2.05, 4.69) is 0 Å². The van der Waals surface area contributed by atoms with E-state index in [-0.39, 0.29) is 18.3 Å². The molecule has 0 bridgehead atoms. The second kappa shape index (κ2) is 7.09. The van der Waals surface area contributed by atoms with Crippen LogP contribution in [0.1, 0.15) is 24.5 Å². The van der Waals surface area contributed by atoms with Gasteiger partial charge < -0.3 is 15.7 Å². The van der Waals surface area contributed by atoms with Crippen molar-refractivity contribution >= 4 is 29.1 Å². The van der Waals surface area contributed by atoms with Gasteiger partial charge >= 0.3 is 0 Å². The van der Waals surface area contributed by atoms with Gasteiger partial charge in [0.15, 0.2) is 0 Å². The van der Waals surface area contributed by atoms with Crippen molar-refractivity contribution in [1.82, 2.24) is 4.90 Å². The van der Waals surface area contributed by atoms with Crippen molar-refractivity contribution in [2.45, 2.75) is 25.0 Å². The Labute approximate surface area is 136 Å². The number of carbonyl (C=O) groups is 1. The Hall–Kier alpha value is -1.62. The number of fused-ring (bicyclic) bond motifs is 1. The number of likely N-dealkylation sites (tertiary alicyclic amines) is 1. The Morgan fingerprint density at radius 3 is 2.41 bits per heavy atom. The van der Waals surface area contributed by atoms with E-state index >= 15 is 0 Å². The van der Waals surface area contributed by atoms with Gasteiger partial charge in [-0.2, -0.15) is 0 Å². The zero-order chi connectivity index (χ0) is 14.8. The van der Waals surface area contributed by atoms with Crippen LogP contribution in [0.4, 0.5) is 0 Å². The minimum Gasteiger partial charge on any atom is -0.386 e. The number of aliphatic hydroxyl groups excluding tert-OH is 1. The van der Waals surface area contributed by atoms with Crippen LogP contribution in [0.3, 0.4) is 0 Å². The molecule has 1 aliphatic rings. The van der Waals surface area contributed by atoms with Crippen molar-refractivity contribution < 1.29 is 9.90 Å². The summed E-state index contributed by atoms with van der Waals surface area (Å²) < 4.78 is 0. The predicted molar refractivity (Wildman–Crippen MR) is 89.9 cm³/mol. The molecular weight excluding hydrogens is 300 g/mol. The van der Waals surface area contributed by atoms with Gasteiger partial charge in [-0.1, -0.05) is 36.4 Å². The van der Waals surface area contributed by atoms with Crippen molar-refractivity contribution in [3.8, 4) is 0 Å². The van der Waals surface area contributed by atoms with Crippen LogP contribution in [0.25, 0.3) is 10.8 Å². The van der Waals surface area contributed by atoms with Crippen molar-refractivity contribution in [3.63, 3.8) is 0 Å². The van der Waals surface area contributed by atoms with Crippen LogP contribution in [0, 0.1) is 0 Å². The van der Waals surface area contributed by atoms with E-state index < -0.39 is 12.1 Å². The zero-order valence-corrected chi connectivity index (χ0v) is 13.1. The van der Waals surface area contributed by atoms with Gasteiger partial charge in [-0.15, -0.1) is 12.4 Å². The van der Waals surface area contributed by atoms with Crippen LogP contribution in [-0.4, -0.2) is 35.0 Å². The molecule has 1 fully saturated rings. The molecule has 0 saturated carbocycles. The summed E-state index contributed by atoms with van der Waals surface area (Å²) in [6.45, 7) is 1.49. The molecule has 0 aromatic heterocycles. The molecule has 2 aromatic carbocycles. The van der Waals surface area contributed by atoms with Gasteiger partial charge in [-0.25, -0.2) is 0 Å². The van der Waals surface area contributed by atoms with Crippen LogP contribution in [0.2, 0.25) is 0 Å². The van der Waals surface area contributed by atoms with Gasteiger partial charge in [0.25, 0.3) is 0 Å². The summed E-state index contributed by atoms with van der Waals surface area (Å²) >= 11 is 0. The maximum Gasteiger partial charge on any atom is 0.242 e. The molecule has 0 unspecified atom stereocenters. The average molecular weight is 321 g/mol. The Balaban J connectivity index is 0.00000176. The zero-order valence-electron chi connectivity index (χ0n) is 12.3. The van der Waals surface area contributed by atoms with E-state index in [0.29, 0.717) is 5.56 Å². The molecule has 2 atom stereocenters. The molecule has 22 heavy (non-hydrogen) atoms. The maximum atomic E-state index is 12.3. The van der Waals surface area contributed by atoms with Gasteiger partial charge in [0.1, 0.15) is 12.1 Å². The topological polar surface area (TPSA) is 66.6 Å². The number of amides is 1. The number of halogens is 1. The summed E-state index contributed by atoms with van der Waals surface area (Å²) in [6.07, 6.45) is 1.07. The van der Waals surface area contributed by atoms with Gasteiger partial charge in [-0.05, 0) is 35.2 Å². The Kier molecular flexibility index (Phi) is 5.40. The molecule has 5 heteroatoms. The number of hydrogen-bond donors (Lipinski definition) is 2. The summed E-state index contributed by atoms with van der Waals surface area (Å²) in [5.74, 6) is -0.159. The minimum atomic E-state index is -0.970. The Morgan fingerprint density at radius 2 is 1.73 bits per heavy atom. The summed E-state index contributed by atoms with van der Waals surface area (Å²) in [4.78, 5) is 14.0. The first kappa shape index (κ1) is 16.7. The second-order valence-corrected chi connectivity index (χ2v) is 5.61. The van der Waals surface area contributed by atoms with E-state index in [9.17, 15) is 9.90 Å². The van der Waals surface area contributed by atoms with Crippen molar-refractivity contribution in [2.75, 3.05) is 13.1 Å². The first-order chi connectivity index (χ1) is 10.2. The fraction of sp³-hybridized carbons (Fsp3) is 0.353. The average Bonchev–Trinajstić information content (AvgIpc) is 3.06. The summed E-state index contributed by atoms with van der Waals surface area (Å²) in [6, 6.07) is 12.7. The number of nitrogens with two attached hydrogens (primary N) is 1. The highest BCUT2D eigenvalue weighted by Gasteiger charge is 2.29. The molecule has 118 valence electrons. The molecule has 1 amide bonds. The van der Waals surface area contributed by atoms with Gasteiger partial charge in [0, 0.05) is 13.1 Å². The summed E-state index contributed by atoms with van der Waals surface area (Å²) in [7, 11) is 0. The maximum absolute atomic E-state index is 12.3. The number of hydrogen-bond acceptors (Lipinski definition) is 3. The smallest absolute Gasteiger partial charge is 0.242 e. The molecule has 1 aliphatic heterocycles. The quantitative estimate of drug-likeness (QED) is 0.911. The standard InChI is InChI=1S/C17H20N2O2.ClH/c18-15(17(21)19-9-3-4-10-19)16(20)14-8-7-12-5-1-2-6-13(12)11-14;/h1-2,5-8,11,15-16,20H,3-4,9-10,18H2;1H/t15-,16+;/m1./s1. The van der Waals surface area contributed by atoms with E-state index in [1.807, 2.05) is 42.5 Å². The number of carbonyl (C=O) groups excluding carboxylic acids is 1. The lowest BCUT2D eigenvalue weighted by molar-refractivity contribution is -0.134. The molecule has 2 aromatic rings. The van der Waals surface area contributed by atoms with Crippen molar-refractivity contribution in [2.24, 2.45) is 5.73 Å². The molecule has 0 radical (unpaired) electrons. The third-order valence-corrected chi connectivity index (χ3v) is 4.16. The van der Waals surface area contributed by atoms with E-state index in [4.69, 9.17) is 5.73 Å². The molecule has 1 heterocycles. The van der Waals surface area contributed by atoms with Crippen LogP contribution in [0.15, 0.2) is 42.5 Å². The first-order valence-corrected chi connectivity index (χ1v) is 7.38. The fourth-order valence-electron chi connectivity index (χ4n) is 2.88. The Bertz CT molecular complexity index is 656. The number of rotatable bonds is 3. The van der Waals surface area contributed by atoms with Crippen LogP contribution < -0.4 is 5.73 Å². The lowest BCUT2D eigenvalue weighted by Gasteiger charge is -2.24. The van der Waals surface area contributed by atoms with E-state index in [0.717, 1.165) is 36.7 Å². The lowest BCUT2D eigenvalue weighted by Crippen LogP contribution is -2.45. The van der Waals surface area contributed by atoms with E-state index in [1.165, 1.54) is 0 Å². The number of benzene rings is 2. The number of aliphatic hydroxyl groups is 1. The molecular formula is C17H21ClN2O2. The van der Waals surface area contributed by atoms with Crippen LogP contribution in [-0.2, 0) is 4.79 Å². The highest BCUT2D eigenvalue weighted by atomic mass is 35.5. The van der Waals surface area contributed by atoms with E-state index in [1.54, 1.807) is 4.90 Å². The van der Waals surface area contributed by atoms with Crippen LogP contribution >= 0.6 is 12.4 Å². The summed E-state index contributed by atoms with van der Waals surface area (Å²) in [5, 5.41) is 12.5. The molecule has 3 rings (SSSR count). The molecule has 1 saturated heterocycles. The van der Waals surface area contributed by atoms with Crippen molar-refractivity contribution in [3.05, 3.63) is 48.0 Å². The molecule has 4 nitrogen and oxygen atoms in total. The first-order valence-electron chi connectivity index (χ1n) is 7.38. The molecule has 3 N–H and O–H groups in total. The van der Waals surface area contributed by atoms with Crippen LogP contribution in [0.5, 0.6) is 0 Å². The second-order valence-electron chi connectivity index (χ2n) is 5.61. The monoisotopic (exact) mass is 320 g/mol. The third-order valence-electron chi connectivity index (χ3n) is 4.16. The van der Waals surface area contributed by atoms with Gasteiger partial charge in [0.05, 0.1) is 0 Å². The predicted octanol–water partition coefficient (Wildman–Crippen LogP) is 2.24. The molecule has 0 spiro atoms. The lowest BCUT2D eigenvalue weighted by atomic mass is 9.98. The molecule has 0 aliphatic carbocycles. The minimum absolute atomic E-state index is 0. The normalized spacial score (nSPS) is 17.1. The van der Waals surface area contributed by atoms with Gasteiger partial charge in [0.2, 0.25) is 5.91 Å². The third kappa shape index (κ3) is 3.24. The van der Waals surface area contributed by atoms with Gasteiger partial charge in [-0.3, -0.25) is 4.79 Å². The Morgan fingerprint density at radius 1 is 1.09 bits per heavy atom. The number of nitrogens with zero attached hydrogens (tertiary/aromatic N) is 1. The fourth-order valence-corrected chi connectivity index (χ4v) is 2.88. The highest BCUT2D eigenvalue weighted by molar-refractivity contribution is 5.85. The summed E-state index contributed by atoms with van der Waals surface area (Å²) in [5.41, 5.74) is 6.66. The SMILES string of the molecule is Cl.N[C@@H](C(=O)N1CCCC1)[C@@H](O)c1ccc2ccccc2c1. The largest absolute Gasteiger partial charge is 0.386 e. The van der Waals surface area contributed by atoms with Crippen molar-refractivity contribution in [1.29, 1.82) is 0 Å². The highest BCUT2D eigenvalue weighted by Crippen LogP contribution is 2.23.